The van der Waals surface area contributed by atoms with Gasteiger partial charge in [0.2, 0.25) is 10.0 Å². The fraction of sp³-hybridized carbons (Fsp3) is 0. The van der Waals surface area contributed by atoms with E-state index >= 15 is 0 Å². The van der Waals surface area contributed by atoms with Gasteiger partial charge in [-0.3, -0.25) is 0 Å². The third-order valence-corrected chi connectivity index (χ3v) is 3.63. The smallest absolute Gasteiger partial charge is 0.238 e. The first-order valence-corrected chi connectivity index (χ1v) is 7.25. The monoisotopic (exact) mass is 316 g/mol. The minimum Gasteiger partial charge on any atom is -0.455 e. The second kappa shape index (κ2) is 5.28. The van der Waals surface area contributed by atoms with Gasteiger partial charge in [0.1, 0.15) is 11.6 Å². The number of benzene rings is 2. The van der Waals surface area contributed by atoms with Crippen LogP contribution in [0.15, 0.2) is 41.3 Å². The molecule has 106 valence electrons. The van der Waals surface area contributed by atoms with Gasteiger partial charge in [-0.15, -0.1) is 0 Å². The summed E-state index contributed by atoms with van der Waals surface area (Å²) in [5.74, 6) is -0.292. The fourth-order valence-electron chi connectivity index (χ4n) is 1.45. The van der Waals surface area contributed by atoms with Crippen LogP contribution >= 0.6 is 11.6 Å². The van der Waals surface area contributed by atoms with Gasteiger partial charge in [-0.2, -0.15) is 0 Å². The van der Waals surface area contributed by atoms with Crippen LogP contribution in [0.4, 0.5) is 10.1 Å². The number of halogens is 2. The number of hydrogen-bond donors (Lipinski definition) is 2. The van der Waals surface area contributed by atoms with E-state index in [4.69, 9.17) is 27.2 Å². The van der Waals surface area contributed by atoms with Crippen LogP contribution in [0.3, 0.4) is 0 Å². The molecule has 0 atom stereocenters. The maximum atomic E-state index is 13.0. The molecule has 4 N–H and O–H groups in total. The maximum absolute atomic E-state index is 13.0. The molecule has 2 rings (SSSR count). The van der Waals surface area contributed by atoms with E-state index in [9.17, 15) is 12.8 Å². The number of primary sulfonamides is 1. The zero-order chi connectivity index (χ0) is 14.9. The number of nitrogens with two attached hydrogens (primary N) is 2. The minimum atomic E-state index is -3.87. The molecule has 0 unspecified atom stereocenters. The van der Waals surface area contributed by atoms with Gasteiger partial charge < -0.3 is 10.5 Å². The Labute approximate surface area is 120 Å². The summed E-state index contributed by atoms with van der Waals surface area (Å²) in [7, 11) is -3.87. The Morgan fingerprint density at radius 2 is 1.85 bits per heavy atom. The second-order valence-corrected chi connectivity index (χ2v) is 5.89. The number of anilines is 1. The highest BCUT2D eigenvalue weighted by Crippen LogP contribution is 2.31. The van der Waals surface area contributed by atoms with Gasteiger partial charge in [0.05, 0.1) is 15.6 Å². The Kier molecular flexibility index (Phi) is 3.85. The third kappa shape index (κ3) is 3.19. The Hall–Kier alpha value is -1.83. The van der Waals surface area contributed by atoms with Crippen LogP contribution in [-0.2, 0) is 10.0 Å². The highest BCUT2D eigenvalue weighted by molar-refractivity contribution is 7.89. The topological polar surface area (TPSA) is 95.4 Å². The SMILES string of the molecule is Nc1ccc(S(N)(=O)=O)cc1Oc1ccc(F)c(Cl)c1. The number of hydrogen-bond acceptors (Lipinski definition) is 4. The number of nitrogen functional groups attached to an aromatic ring is 1. The van der Waals surface area contributed by atoms with Crippen molar-refractivity contribution in [3.05, 3.63) is 47.2 Å². The molecule has 0 aliphatic rings. The summed E-state index contributed by atoms with van der Waals surface area (Å²) in [6, 6.07) is 7.50. The van der Waals surface area contributed by atoms with Crippen molar-refractivity contribution in [1.29, 1.82) is 0 Å². The van der Waals surface area contributed by atoms with Crippen molar-refractivity contribution in [2.45, 2.75) is 4.90 Å². The zero-order valence-electron chi connectivity index (χ0n) is 10.0. The third-order valence-electron chi connectivity index (χ3n) is 2.43. The molecule has 0 fully saturated rings. The Balaban J connectivity index is 2.40. The molecule has 0 saturated heterocycles. The molecule has 8 heteroatoms. The molecular formula is C12H10ClFN2O3S. The van der Waals surface area contributed by atoms with Crippen molar-refractivity contribution in [3.63, 3.8) is 0 Å². The van der Waals surface area contributed by atoms with Gasteiger partial charge in [0.25, 0.3) is 0 Å². The van der Waals surface area contributed by atoms with Crippen LogP contribution < -0.4 is 15.6 Å². The fourth-order valence-corrected chi connectivity index (χ4v) is 2.15. The van der Waals surface area contributed by atoms with Crippen LogP contribution in [0.5, 0.6) is 11.5 Å². The number of sulfonamides is 1. The van der Waals surface area contributed by atoms with Crippen molar-refractivity contribution < 1.29 is 17.5 Å². The van der Waals surface area contributed by atoms with Gasteiger partial charge in [-0.25, -0.2) is 17.9 Å². The highest BCUT2D eigenvalue weighted by Gasteiger charge is 2.12. The lowest BCUT2D eigenvalue weighted by Crippen LogP contribution is -2.12. The van der Waals surface area contributed by atoms with Gasteiger partial charge in [0.15, 0.2) is 5.75 Å². The van der Waals surface area contributed by atoms with E-state index in [-0.39, 0.29) is 27.1 Å². The van der Waals surface area contributed by atoms with Gasteiger partial charge in [0, 0.05) is 12.1 Å². The number of ether oxygens (including phenoxy) is 1. The summed E-state index contributed by atoms with van der Waals surface area (Å²) < 4.78 is 40.9. The summed E-state index contributed by atoms with van der Waals surface area (Å²) >= 11 is 5.62. The van der Waals surface area contributed by atoms with Crippen molar-refractivity contribution in [3.8, 4) is 11.5 Å². The molecule has 0 heterocycles. The molecule has 0 bridgehead atoms. The van der Waals surface area contributed by atoms with E-state index in [0.29, 0.717) is 0 Å². The normalized spacial score (nSPS) is 11.3. The second-order valence-electron chi connectivity index (χ2n) is 3.92. The lowest BCUT2D eigenvalue weighted by Gasteiger charge is -2.10. The van der Waals surface area contributed by atoms with Gasteiger partial charge in [-0.1, -0.05) is 11.6 Å². The molecule has 0 aliphatic carbocycles. The summed E-state index contributed by atoms with van der Waals surface area (Å²) in [6.45, 7) is 0. The Bertz CT molecular complexity index is 765. The first kappa shape index (κ1) is 14.6. The molecule has 0 spiro atoms. The Morgan fingerprint density at radius 1 is 1.15 bits per heavy atom. The lowest BCUT2D eigenvalue weighted by atomic mass is 10.3. The summed E-state index contributed by atoms with van der Waals surface area (Å²) in [4.78, 5) is -0.144. The van der Waals surface area contributed by atoms with Crippen molar-refractivity contribution in [2.75, 3.05) is 5.73 Å². The van der Waals surface area contributed by atoms with Gasteiger partial charge in [-0.05, 0) is 24.3 Å². The predicted molar refractivity (Wildman–Crippen MR) is 73.7 cm³/mol. The van der Waals surface area contributed by atoms with Crippen LogP contribution in [0.2, 0.25) is 5.02 Å². The average Bonchev–Trinajstić information content (AvgIpc) is 2.35. The van der Waals surface area contributed by atoms with E-state index in [0.717, 1.165) is 6.07 Å². The Morgan fingerprint density at radius 3 is 2.45 bits per heavy atom. The molecule has 20 heavy (non-hydrogen) atoms. The predicted octanol–water partition coefficient (Wildman–Crippen LogP) is 2.50. The molecule has 2 aromatic carbocycles. The average molecular weight is 317 g/mol. The van der Waals surface area contributed by atoms with E-state index < -0.39 is 15.8 Å². The summed E-state index contributed by atoms with van der Waals surface area (Å²) in [5.41, 5.74) is 5.89. The van der Waals surface area contributed by atoms with Crippen LogP contribution in [0.25, 0.3) is 0 Å². The van der Waals surface area contributed by atoms with Crippen LogP contribution in [0, 0.1) is 5.82 Å². The molecule has 0 radical (unpaired) electrons. The first-order chi connectivity index (χ1) is 9.27. The van der Waals surface area contributed by atoms with Crippen LogP contribution in [-0.4, -0.2) is 8.42 Å². The van der Waals surface area contributed by atoms with Gasteiger partial charge >= 0.3 is 0 Å². The lowest BCUT2D eigenvalue weighted by molar-refractivity contribution is 0.481. The molecule has 5 nitrogen and oxygen atoms in total. The quantitative estimate of drug-likeness (QED) is 0.850. The van der Waals surface area contributed by atoms with Crippen molar-refractivity contribution >= 4 is 27.3 Å². The van der Waals surface area contributed by atoms with Crippen molar-refractivity contribution in [2.24, 2.45) is 5.14 Å². The highest BCUT2D eigenvalue weighted by atomic mass is 35.5. The maximum Gasteiger partial charge on any atom is 0.238 e. The number of rotatable bonds is 3. The van der Waals surface area contributed by atoms with E-state index in [1.165, 1.54) is 30.3 Å². The molecule has 0 aromatic heterocycles. The van der Waals surface area contributed by atoms with E-state index in [2.05, 4.69) is 0 Å². The summed E-state index contributed by atoms with van der Waals surface area (Å²) in [5, 5.41) is 4.90. The molecule has 0 amide bonds. The molecular weight excluding hydrogens is 307 g/mol. The minimum absolute atomic E-state index is 0.0826. The van der Waals surface area contributed by atoms with E-state index in [1.54, 1.807) is 0 Å². The molecule has 2 aromatic rings. The first-order valence-electron chi connectivity index (χ1n) is 5.32. The van der Waals surface area contributed by atoms with Crippen LogP contribution in [0.1, 0.15) is 0 Å². The summed E-state index contributed by atoms with van der Waals surface area (Å²) in [6.07, 6.45) is 0. The zero-order valence-corrected chi connectivity index (χ0v) is 11.6. The largest absolute Gasteiger partial charge is 0.455 e. The van der Waals surface area contributed by atoms with Crippen molar-refractivity contribution in [1.82, 2.24) is 0 Å². The van der Waals surface area contributed by atoms with E-state index in [1.807, 2.05) is 0 Å². The molecule has 0 aliphatic heterocycles. The molecule has 0 saturated carbocycles. The standard InChI is InChI=1S/C12H10ClFN2O3S/c13-9-5-7(1-3-10(9)14)19-12-6-8(20(16,17)18)2-4-11(12)15/h1-6H,15H2,(H2,16,17,18).